The van der Waals surface area contributed by atoms with Crippen LogP contribution in [0.1, 0.15) is 40.7 Å². The van der Waals surface area contributed by atoms with Gasteiger partial charge in [-0.15, -0.1) is 0 Å². The van der Waals surface area contributed by atoms with Crippen LogP contribution in [0, 0.1) is 6.92 Å². The van der Waals surface area contributed by atoms with E-state index in [2.05, 4.69) is 22.4 Å². The summed E-state index contributed by atoms with van der Waals surface area (Å²) in [7, 11) is 1.35. The van der Waals surface area contributed by atoms with E-state index in [0.717, 1.165) is 30.8 Å². The molecule has 1 heterocycles. The number of hydrazone groups is 1. The second-order valence-electron chi connectivity index (χ2n) is 5.07. The number of thiazole rings is 1. The van der Waals surface area contributed by atoms with Crippen molar-refractivity contribution in [2.45, 2.75) is 26.7 Å². The SMILES string of the molecule is CCCCOc1ccc(/C=N\Nc2nc(C)c(C(=O)OC)s2)cc1. The summed E-state index contributed by atoms with van der Waals surface area (Å²) in [6, 6.07) is 7.69. The Morgan fingerprint density at radius 3 is 2.79 bits per heavy atom. The topological polar surface area (TPSA) is 72.8 Å². The third kappa shape index (κ3) is 5.06. The average molecular weight is 347 g/mol. The summed E-state index contributed by atoms with van der Waals surface area (Å²) >= 11 is 1.21. The molecule has 6 nitrogen and oxygen atoms in total. The number of rotatable bonds is 8. The number of nitrogens with one attached hydrogen (secondary N) is 1. The summed E-state index contributed by atoms with van der Waals surface area (Å²) in [5, 5.41) is 4.68. The van der Waals surface area contributed by atoms with Gasteiger partial charge in [0.15, 0.2) is 0 Å². The number of ether oxygens (including phenoxy) is 2. The Morgan fingerprint density at radius 2 is 2.12 bits per heavy atom. The molecule has 24 heavy (non-hydrogen) atoms. The van der Waals surface area contributed by atoms with Gasteiger partial charge in [0.05, 0.1) is 25.6 Å². The van der Waals surface area contributed by atoms with Gasteiger partial charge in [0, 0.05) is 0 Å². The summed E-state index contributed by atoms with van der Waals surface area (Å²) in [6.45, 7) is 4.63. The third-order valence-corrected chi connectivity index (χ3v) is 4.23. The van der Waals surface area contributed by atoms with E-state index in [1.165, 1.54) is 18.4 Å². The lowest BCUT2D eigenvalue weighted by Gasteiger charge is -2.04. The molecular formula is C17H21N3O3S. The van der Waals surface area contributed by atoms with Gasteiger partial charge in [-0.25, -0.2) is 9.78 Å². The number of hydrogen-bond acceptors (Lipinski definition) is 7. The van der Waals surface area contributed by atoms with Crippen molar-refractivity contribution in [1.82, 2.24) is 4.98 Å². The Morgan fingerprint density at radius 1 is 1.38 bits per heavy atom. The number of anilines is 1. The van der Waals surface area contributed by atoms with Gasteiger partial charge in [-0.2, -0.15) is 5.10 Å². The Bertz CT molecular complexity index is 696. The standard InChI is InChI=1S/C17H21N3O3S/c1-4-5-10-23-14-8-6-13(7-9-14)11-18-20-17-19-12(2)15(24-17)16(21)22-3/h6-9,11H,4-5,10H2,1-3H3,(H,19,20)/b18-11-. The molecule has 7 heteroatoms. The van der Waals surface area contributed by atoms with Gasteiger partial charge in [0.25, 0.3) is 0 Å². The molecule has 0 bridgehead atoms. The second kappa shape index (κ2) is 9.02. The van der Waals surface area contributed by atoms with E-state index in [9.17, 15) is 4.79 Å². The second-order valence-corrected chi connectivity index (χ2v) is 6.07. The fraction of sp³-hybridized carbons (Fsp3) is 0.353. The summed E-state index contributed by atoms with van der Waals surface area (Å²) in [5.74, 6) is 0.465. The number of nitrogens with zero attached hydrogens (tertiary/aromatic N) is 2. The minimum absolute atomic E-state index is 0.388. The highest BCUT2D eigenvalue weighted by molar-refractivity contribution is 7.17. The third-order valence-electron chi connectivity index (χ3n) is 3.19. The number of carbonyl (C=O) groups is 1. The molecule has 0 saturated heterocycles. The lowest BCUT2D eigenvalue weighted by atomic mass is 10.2. The number of aryl methyl sites for hydroxylation is 1. The Hall–Kier alpha value is -2.41. The van der Waals surface area contributed by atoms with Gasteiger partial charge in [0.2, 0.25) is 5.13 Å². The summed E-state index contributed by atoms with van der Waals surface area (Å²) in [4.78, 5) is 16.3. The van der Waals surface area contributed by atoms with Crippen LogP contribution in [0.25, 0.3) is 0 Å². The van der Waals surface area contributed by atoms with E-state index in [1.807, 2.05) is 24.3 Å². The molecule has 0 saturated carbocycles. The number of methoxy groups -OCH3 is 1. The van der Waals surface area contributed by atoms with Crippen LogP contribution in [-0.2, 0) is 4.74 Å². The van der Waals surface area contributed by atoms with E-state index >= 15 is 0 Å². The van der Waals surface area contributed by atoms with Crippen LogP contribution in [0.5, 0.6) is 5.75 Å². The fourth-order valence-electron chi connectivity index (χ4n) is 1.87. The van der Waals surface area contributed by atoms with Crippen molar-refractivity contribution in [3.05, 3.63) is 40.4 Å². The van der Waals surface area contributed by atoms with Crippen LogP contribution in [-0.4, -0.2) is 30.9 Å². The first-order chi connectivity index (χ1) is 11.6. The van der Waals surface area contributed by atoms with Crippen LogP contribution in [0.4, 0.5) is 5.13 Å². The molecular weight excluding hydrogens is 326 g/mol. The van der Waals surface area contributed by atoms with Crippen molar-refractivity contribution in [3.8, 4) is 5.75 Å². The van der Waals surface area contributed by atoms with Crippen LogP contribution < -0.4 is 10.2 Å². The number of hydrogen-bond donors (Lipinski definition) is 1. The highest BCUT2D eigenvalue weighted by Gasteiger charge is 2.15. The lowest BCUT2D eigenvalue weighted by molar-refractivity contribution is 0.0605. The van der Waals surface area contributed by atoms with Gasteiger partial charge in [-0.1, -0.05) is 24.7 Å². The molecule has 0 aliphatic heterocycles. The monoisotopic (exact) mass is 347 g/mol. The highest BCUT2D eigenvalue weighted by atomic mass is 32.1. The van der Waals surface area contributed by atoms with Crippen molar-refractivity contribution < 1.29 is 14.3 Å². The predicted octanol–water partition coefficient (Wildman–Crippen LogP) is 3.86. The number of aromatic nitrogens is 1. The molecule has 128 valence electrons. The normalized spacial score (nSPS) is 10.8. The molecule has 0 fully saturated rings. The van der Waals surface area contributed by atoms with Gasteiger partial charge >= 0.3 is 5.97 Å². The van der Waals surface area contributed by atoms with Crippen molar-refractivity contribution in [2.75, 3.05) is 19.1 Å². The van der Waals surface area contributed by atoms with Gasteiger partial charge in [0.1, 0.15) is 10.6 Å². The zero-order chi connectivity index (χ0) is 17.4. The molecule has 0 radical (unpaired) electrons. The molecule has 0 aliphatic rings. The Labute approximate surface area is 145 Å². The molecule has 0 atom stereocenters. The van der Waals surface area contributed by atoms with E-state index in [0.29, 0.717) is 15.7 Å². The molecule has 2 aromatic rings. The predicted molar refractivity (Wildman–Crippen MR) is 96.3 cm³/mol. The molecule has 0 aliphatic carbocycles. The zero-order valence-electron chi connectivity index (χ0n) is 14.0. The number of benzene rings is 1. The maximum atomic E-state index is 11.5. The van der Waals surface area contributed by atoms with Crippen LogP contribution >= 0.6 is 11.3 Å². The van der Waals surface area contributed by atoms with Crippen molar-refractivity contribution >= 4 is 28.7 Å². The quantitative estimate of drug-likeness (QED) is 0.340. The highest BCUT2D eigenvalue weighted by Crippen LogP contribution is 2.23. The van der Waals surface area contributed by atoms with E-state index in [-0.39, 0.29) is 5.97 Å². The van der Waals surface area contributed by atoms with Crippen molar-refractivity contribution in [3.63, 3.8) is 0 Å². The first-order valence-corrected chi connectivity index (χ1v) is 8.53. The molecule has 1 N–H and O–H groups in total. The molecule has 1 aromatic heterocycles. The average Bonchev–Trinajstić information content (AvgIpc) is 2.96. The summed E-state index contributed by atoms with van der Waals surface area (Å²) < 4.78 is 10.3. The summed E-state index contributed by atoms with van der Waals surface area (Å²) in [6.07, 6.45) is 3.85. The minimum Gasteiger partial charge on any atom is -0.494 e. The van der Waals surface area contributed by atoms with E-state index in [1.54, 1.807) is 13.1 Å². The molecule has 0 spiro atoms. The molecule has 2 rings (SSSR count). The van der Waals surface area contributed by atoms with E-state index < -0.39 is 0 Å². The van der Waals surface area contributed by atoms with Crippen molar-refractivity contribution in [1.29, 1.82) is 0 Å². The fourth-order valence-corrected chi connectivity index (χ4v) is 2.71. The van der Waals surface area contributed by atoms with Crippen LogP contribution in [0.2, 0.25) is 0 Å². The van der Waals surface area contributed by atoms with Gasteiger partial charge in [-0.3, -0.25) is 5.43 Å². The smallest absolute Gasteiger partial charge is 0.350 e. The maximum absolute atomic E-state index is 11.5. The number of carbonyl (C=O) groups excluding carboxylic acids is 1. The van der Waals surface area contributed by atoms with Crippen molar-refractivity contribution in [2.24, 2.45) is 5.10 Å². The largest absolute Gasteiger partial charge is 0.494 e. The summed E-state index contributed by atoms with van der Waals surface area (Å²) in [5.41, 5.74) is 4.39. The lowest BCUT2D eigenvalue weighted by Crippen LogP contribution is -1.99. The molecule has 0 unspecified atom stereocenters. The first kappa shape index (κ1) is 17.9. The van der Waals surface area contributed by atoms with Crippen LogP contribution in [0.15, 0.2) is 29.4 Å². The van der Waals surface area contributed by atoms with Crippen LogP contribution in [0.3, 0.4) is 0 Å². The van der Waals surface area contributed by atoms with Gasteiger partial charge < -0.3 is 9.47 Å². The molecule has 1 aromatic carbocycles. The zero-order valence-corrected chi connectivity index (χ0v) is 14.9. The number of unbranched alkanes of at least 4 members (excludes halogenated alkanes) is 1. The van der Waals surface area contributed by atoms with Gasteiger partial charge in [-0.05, 0) is 43.2 Å². The Balaban J connectivity index is 1.91. The Kier molecular flexibility index (Phi) is 6.74. The first-order valence-electron chi connectivity index (χ1n) is 7.71. The van der Waals surface area contributed by atoms with E-state index in [4.69, 9.17) is 9.47 Å². The maximum Gasteiger partial charge on any atom is 0.350 e. The number of esters is 1. The minimum atomic E-state index is -0.388. The molecule has 0 amide bonds.